The van der Waals surface area contributed by atoms with E-state index in [4.69, 9.17) is 0 Å². The number of amides is 3. The Morgan fingerprint density at radius 3 is 2.00 bits per heavy atom. The zero-order valence-corrected chi connectivity index (χ0v) is 19.5. The number of halogens is 1. The zero-order chi connectivity index (χ0) is 23.2. The molecule has 1 saturated carbocycles. The Labute approximate surface area is 196 Å². The predicted octanol–water partition coefficient (Wildman–Crippen LogP) is 3.71. The molecule has 4 rings (SSSR count). The molecule has 1 aliphatic carbocycles. The van der Waals surface area contributed by atoms with Crippen LogP contribution >= 0.6 is 0 Å². The van der Waals surface area contributed by atoms with Crippen molar-refractivity contribution in [2.75, 3.05) is 39.3 Å². The summed E-state index contributed by atoms with van der Waals surface area (Å²) in [5, 5.41) is 0. The fourth-order valence-corrected chi connectivity index (χ4v) is 5.50. The van der Waals surface area contributed by atoms with E-state index in [1.807, 2.05) is 9.80 Å². The molecule has 0 N–H and O–H groups in total. The molecule has 0 unspecified atom stereocenters. The minimum atomic E-state index is -0.359. The van der Waals surface area contributed by atoms with Crippen LogP contribution in [0.4, 0.5) is 4.39 Å². The van der Waals surface area contributed by atoms with Crippen LogP contribution in [0.5, 0.6) is 0 Å². The summed E-state index contributed by atoms with van der Waals surface area (Å²) in [6.45, 7) is 3.51. The van der Waals surface area contributed by atoms with Crippen LogP contribution in [0.1, 0.15) is 68.1 Å². The molecular weight excluding hydrogens is 421 g/mol. The lowest BCUT2D eigenvalue weighted by Gasteiger charge is -2.38. The number of benzene rings is 1. The van der Waals surface area contributed by atoms with Gasteiger partial charge in [0.1, 0.15) is 5.82 Å². The van der Waals surface area contributed by atoms with Gasteiger partial charge in [-0.25, -0.2) is 4.39 Å². The summed E-state index contributed by atoms with van der Waals surface area (Å²) in [6.07, 6.45) is 9.42. The third kappa shape index (κ3) is 6.12. The second-order valence-electron chi connectivity index (χ2n) is 9.82. The lowest BCUT2D eigenvalue weighted by molar-refractivity contribution is -0.143. The summed E-state index contributed by atoms with van der Waals surface area (Å²) in [7, 11) is 0. The summed E-state index contributed by atoms with van der Waals surface area (Å²) < 4.78 is 13.1. The molecule has 2 aliphatic heterocycles. The number of piperidine rings is 1. The fourth-order valence-electron chi connectivity index (χ4n) is 5.50. The van der Waals surface area contributed by atoms with E-state index in [1.165, 1.54) is 56.4 Å². The number of nitrogens with zero attached hydrogens (tertiary/aromatic N) is 3. The van der Waals surface area contributed by atoms with Crippen LogP contribution in [0, 0.1) is 17.7 Å². The Kier molecular flexibility index (Phi) is 7.99. The summed E-state index contributed by atoms with van der Waals surface area (Å²) in [5.74, 6) is 0.559. The topological polar surface area (TPSA) is 60.9 Å². The van der Waals surface area contributed by atoms with E-state index in [-0.39, 0.29) is 29.5 Å². The van der Waals surface area contributed by atoms with Crippen molar-refractivity contribution in [3.05, 3.63) is 35.6 Å². The van der Waals surface area contributed by atoms with Gasteiger partial charge < -0.3 is 14.7 Å². The van der Waals surface area contributed by atoms with Gasteiger partial charge in [0.15, 0.2) is 0 Å². The average molecular weight is 458 g/mol. The largest absolute Gasteiger partial charge is 0.339 e. The molecule has 3 amide bonds. The Balaban J connectivity index is 1.18. The highest BCUT2D eigenvalue weighted by Gasteiger charge is 2.32. The molecule has 0 radical (unpaired) electrons. The van der Waals surface area contributed by atoms with Crippen molar-refractivity contribution in [3.8, 4) is 0 Å². The standard InChI is InChI=1S/C26H36FN3O3/c27-23-9-7-21(8-10-23)25(32)29-14-12-22(13-15-29)26(33)30-18-16-28(17-19-30)24(31)11-6-20-4-2-1-3-5-20/h7-10,20,22H,1-6,11-19H2. The normalized spacial score (nSPS) is 20.7. The molecule has 0 bridgehead atoms. The molecule has 0 spiro atoms. The van der Waals surface area contributed by atoms with Gasteiger partial charge in [0, 0.05) is 57.2 Å². The van der Waals surface area contributed by atoms with Crippen molar-refractivity contribution in [3.63, 3.8) is 0 Å². The van der Waals surface area contributed by atoms with E-state index >= 15 is 0 Å². The number of hydrogen-bond acceptors (Lipinski definition) is 3. The number of hydrogen-bond donors (Lipinski definition) is 0. The van der Waals surface area contributed by atoms with Crippen LogP contribution in [0.25, 0.3) is 0 Å². The lowest BCUT2D eigenvalue weighted by Crippen LogP contribution is -2.53. The second-order valence-corrected chi connectivity index (χ2v) is 9.82. The Bertz CT molecular complexity index is 822. The van der Waals surface area contributed by atoms with Crippen molar-refractivity contribution < 1.29 is 18.8 Å². The third-order valence-corrected chi connectivity index (χ3v) is 7.66. The molecule has 1 aromatic rings. The molecular formula is C26H36FN3O3. The second kappa shape index (κ2) is 11.1. The summed E-state index contributed by atoms with van der Waals surface area (Å²) >= 11 is 0. The van der Waals surface area contributed by atoms with Crippen molar-refractivity contribution in [2.45, 2.75) is 57.8 Å². The molecule has 33 heavy (non-hydrogen) atoms. The molecule has 3 aliphatic rings. The van der Waals surface area contributed by atoms with Crippen LogP contribution in [-0.2, 0) is 9.59 Å². The van der Waals surface area contributed by atoms with Crippen LogP contribution in [-0.4, -0.2) is 71.7 Å². The molecule has 0 atom stereocenters. The number of carbonyl (C=O) groups excluding carboxylic acids is 3. The van der Waals surface area contributed by atoms with Gasteiger partial charge in [-0.3, -0.25) is 14.4 Å². The molecule has 180 valence electrons. The minimum absolute atomic E-state index is 0.0733. The van der Waals surface area contributed by atoms with Gasteiger partial charge in [-0.2, -0.15) is 0 Å². The van der Waals surface area contributed by atoms with Gasteiger partial charge in [0.25, 0.3) is 5.91 Å². The maximum absolute atomic E-state index is 13.1. The van der Waals surface area contributed by atoms with Gasteiger partial charge in [0.05, 0.1) is 0 Å². The summed E-state index contributed by atoms with van der Waals surface area (Å²) in [5.41, 5.74) is 0.477. The molecule has 2 saturated heterocycles. The lowest BCUT2D eigenvalue weighted by atomic mass is 9.86. The van der Waals surface area contributed by atoms with E-state index in [0.717, 1.165) is 6.42 Å². The Morgan fingerprint density at radius 1 is 0.758 bits per heavy atom. The molecule has 1 aromatic carbocycles. The van der Waals surface area contributed by atoms with Crippen molar-refractivity contribution in [1.82, 2.24) is 14.7 Å². The number of rotatable bonds is 5. The first kappa shape index (κ1) is 23.7. The van der Waals surface area contributed by atoms with Crippen molar-refractivity contribution in [1.29, 1.82) is 0 Å². The molecule has 6 nitrogen and oxygen atoms in total. The summed E-state index contributed by atoms with van der Waals surface area (Å²) in [4.78, 5) is 43.8. The van der Waals surface area contributed by atoms with Crippen LogP contribution < -0.4 is 0 Å². The van der Waals surface area contributed by atoms with Crippen LogP contribution in [0.3, 0.4) is 0 Å². The van der Waals surface area contributed by atoms with Gasteiger partial charge in [0.2, 0.25) is 11.8 Å². The van der Waals surface area contributed by atoms with Crippen molar-refractivity contribution >= 4 is 17.7 Å². The fraction of sp³-hybridized carbons (Fsp3) is 0.654. The maximum Gasteiger partial charge on any atom is 0.253 e. The number of likely N-dealkylation sites (tertiary alicyclic amines) is 1. The summed E-state index contributed by atoms with van der Waals surface area (Å²) in [6, 6.07) is 5.60. The van der Waals surface area contributed by atoms with Gasteiger partial charge >= 0.3 is 0 Å². The zero-order valence-electron chi connectivity index (χ0n) is 19.5. The highest BCUT2D eigenvalue weighted by atomic mass is 19.1. The molecule has 2 heterocycles. The highest BCUT2D eigenvalue weighted by Crippen LogP contribution is 2.28. The average Bonchev–Trinajstić information content (AvgIpc) is 2.87. The van der Waals surface area contributed by atoms with Crippen molar-refractivity contribution in [2.24, 2.45) is 11.8 Å². The minimum Gasteiger partial charge on any atom is -0.339 e. The smallest absolute Gasteiger partial charge is 0.253 e. The Hall–Kier alpha value is -2.44. The molecule has 0 aromatic heterocycles. The van der Waals surface area contributed by atoms with Crippen LogP contribution in [0.2, 0.25) is 0 Å². The first-order valence-electron chi connectivity index (χ1n) is 12.6. The monoisotopic (exact) mass is 457 g/mol. The predicted molar refractivity (Wildman–Crippen MR) is 124 cm³/mol. The first-order valence-corrected chi connectivity index (χ1v) is 12.6. The Morgan fingerprint density at radius 2 is 1.36 bits per heavy atom. The van der Waals surface area contributed by atoms with Gasteiger partial charge in [-0.1, -0.05) is 32.1 Å². The van der Waals surface area contributed by atoms with E-state index < -0.39 is 0 Å². The quantitative estimate of drug-likeness (QED) is 0.677. The highest BCUT2D eigenvalue weighted by molar-refractivity contribution is 5.94. The van der Waals surface area contributed by atoms with Gasteiger partial charge in [-0.05, 0) is 49.4 Å². The molecule has 3 fully saturated rings. The van der Waals surface area contributed by atoms with Gasteiger partial charge in [-0.15, -0.1) is 0 Å². The van der Waals surface area contributed by atoms with E-state index in [9.17, 15) is 18.8 Å². The third-order valence-electron chi connectivity index (χ3n) is 7.66. The van der Waals surface area contributed by atoms with E-state index in [2.05, 4.69) is 0 Å². The number of carbonyl (C=O) groups is 3. The molecule has 7 heteroatoms. The maximum atomic E-state index is 13.1. The first-order chi connectivity index (χ1) is 16.0. The number of piperazine rings is 1. The van der Waals surface area contributed by atoms with E-state index in [1.54, 1.807) is 4.90 Å². The van der Waals surface area contributed by atoms with Crippen LogP contribution in [0.15, 0.2) is 24.3 Å². The van der Waals surface area contributed by atoms with E-state index in [0.29, 0.717) is 70.0 Å². The SMILES string of the molecule is O=C(CCC1CCCCC1)N1CCN(C(=O)C2CCN(C(=O)c3ccc(F)cc3)CC2)CC1.